The smallest absolute Gasteiger partial charge is 0.327 e. The number of thiol groups is 2. The predicted molar refractivity (Wildman–Crippen MR) is 103 cm³/mol. The summed E-state index contributed by atoms with van der Waals surface area (Å²) in [5.74, 6) is -2.30. The zero-order chi connectivity index (χ0) is 19.4. The van der Waals surface area contributed by atoms with Crippen LogP contribution in [0.3, 0.4) is 0 Å². The van der Waals surface area contributed by atoms with Crippen LogP contribution in [0.4, 0.5) is 0 Å². The standard InChI is InChI=1S/C13H24N4O5S3/c1-25-3-2-8(17-11(19)7(14)5-23)12(20)15-4-10(18)16-9(6-24)13(21)22/h7-9,23-24H,2-6,14H2,1H3,(H,15,20)(H,16,18)(H,17,19)(H,21,22). The summed E-state index contributed by atoms with van der Waals surface area (Å²) in [5, 5.41) is 16.0. The van der Waals surface area contributed by atoms with E-state index in [2.05, 4.69) is 41.2 Å². The second-order valence-electron chi connectivity index (χ2n) is 4.99. The van der Waals surface area contributed by atoms with Gasteiger partial charge >= 0.3 is 5.97 Å². The van der Waals surface area contributed by atoms with Crippen molar-refractivity contribution < 1.29 is 24.3 Å². The highest BCUT2D eigenvalue weighted by Crippen LogP contribution is 2.02. The molecule has 0 aliphatic rings. The molecule has 9 nitrogen and oxygen atoms in total. The number of hydrogen-bond acceptors (Lipinski definition) is 8. The Bertz CT molecular complexity index is 481. The maximum Gasteiger partial charge on any atom is 0.327 e. The third-order valence-electron chi connectivity index (χ3n) is 3.02. The number of carbonyl (C=O) groups excluding carboxylic acids is 3. The molecule has 0 aromatic heterocycles. The highest BCUT2D eigenvalue weighted by molar-refractivity contribution is 7.98. The fraction of sp³-hybridized carbons (Fsp3) is 0.692. The van der Waals surface area contributed by atoms with Crippen molar-refractivity contribution >= 4 is 60.7 Å². The van der Waals surface area contributed by atoms with Crippen LogP contribution in [-0.4, -0.2) is 77.0 Å². The molecule has 0 saturated carbocycles. The van der Waals surface area contributed by atoms with E-state index in [1.807, 2.05) is 6.26 Å². The van der Waals surface area contributed by atoms with Gasteiger partial charge in [-0.05, 0) is 18.4 Å². The zero-order valence-electron chi connectivity index (χ0n) is 13.7. The first-order valence-corrected chi connectivity index (χ1v) is 9.99. The highest BCUT2D eigenvalue weighted by Gasteiger charge is 2.24. The van der Waals surface area contributed by atoms with E-state index in [1.165, 1.54) is 11.8 Å². The number of hydrogen-bond donors (Lipinski definition) is 7. The lowest BCUT2D eigenvalue weighted by atomic mass is 10.2. The summed E-state index contributed by atoms with van der Waals surface area (Å²) in [5.41, 5.74) is 5.56. The first kappa shape index (κ1) is 23.9. The fourth-order valence-electron chi connectivity index (χ4n) is 1.59. The van der Waals surface area contributed by atoms with Crippen LogP contribution >= 0.6 is 37.0 Å². The molecule has 0 aromatic rings. The summed E-state index contributed by atoms with van der Waals surface area (Å²) < 4.78 is 0. The minimum atomic E-state index is -1.22. The Hall–Kier alpha value is -1.11. The van der Waals surface area contributed by atoms with Gasteiger partial charge in [-0.25, -0.2) is 4.79 Å². The van der Waals surface area contributed by atoms with Crippen LogP contribution in [0.5, 0.6) is 0 Å². The number of carbonyl (C=O) groups is 4. The van der Waals surface area contributed by atoms with Gasteiger partial charge in [0.25, 0.3) is 0 Å². The number of thioether (sulfide) groups is 1. The van der Waals surface area contributed by atoms with Crippen LogP contribution in [0.1, 0.15) is 6.42 Å². The Morgan fingerprint density at radius 2 is 1.72 bits per heavy atom. The number of nitrogens with two attached hydrogens (primary N) is 1. The minimum Gasteiger partial charge on any atom is -0.480 e. The molecule has 3 unspecified atom stereocenters. The van der Waals surface area contributed by atoms with E-state index in [9.17, 15) is 19.2 Å². The van der Waals surface area contributed by atoms with E-state index < -0.39 is 48.4 Å². The number of nitrogens with one attached hydrogen (secondary N) is 3. The summed E-state index contributed by atoms with van der Waals surface area (Å²) >= 11 is 9.25. The molecule has 0 spiro atoms. The van der Waals surface area contributed by atoms with Crippen LogP contribution in [0, 0.1) is 0 Å². The zero-order valence-corrected chi connectivity index (χ0v) is 16.3. The molecular formula is C13H24N4O5S3. The highest BCUT2D eigenvalue weighted by atomic mass is 32.2. The van der Waals surface area contributed by atoms with Gasteiger partial charge in [-0.15, -0.1) is 0 Å². The SMILES string of the molecule is CSCCC(NC(=O)C(N)CS)C(=O)NCC(=O)NC(CS)C(=O)O. The lowest BCUT2D eigenvalue weighted by Crippen LogP contribution is -2.54. The molecule has 0 heterocycles. The maximum absolute atomic E-state index is 12.2. The Balaban J connectivity index is 4.62. The first-order chi connectivity index (χ1) is 11.8. The molecule has 25 heavy (non-hydrogen) atoms. The van der Waals surface area contributed by atoms with Gasteiger partial charge in [0.2, 0.25) is 17.7 Å². The topological polar surface area (TPSA) is 151 Å². The third kappa shape index (κ3) is 9.82. The first-order valence-electron chi connectivity index (χ1n) is 7.33. The third-order valence-corrected chi connectivity index (χ3v) is 4.42. The molecule has 0 fully saturated rings. The average Bonchev–Trinajstić information content (AvgIpc) is 2.59. The van der Waals surface area contributed by atoms with Crippen LogP contribution in [0.15, 0.2) is 0 Å². The van der Waals surface area contributed by atoms with Crippen molar-refractivity contribution in [3.63, 3.8) is 0 Å². The Morgan fingerprint density at radius 1 is 1.08 bits per heavy atom. The van der Waals surface area contributed by atoms with Crippen molar-refractivity contribution in [1.82, 2.24) is 16.0 Å². The molecule has 0 bridgehead atoms. The van der Waals surface area contributed by atoms with Crippen molar-refractivity contribution in [2.45, 2.75) is 24.5 Å². The van der Waals surface area contributed by atoms with Crippen LogP contribution < -0.4 is 21.7 Å². The lowest BCUT2D eigenvalue weighted by Gasteiger charge is -2.20. The van der Waals surface area contributed by atoms with Gasteiger partial charge in [0.05, 0.1) is 12.6 Å². The molecule has 6 N–H and O–H groups in total. The van der Waals surface area contributed by atoms with Crippen LogP contribution in [-0.2, 0) is 19.2 Å². The molecule has 3 amide bonds. The summed E-state index contributed by atoms with van der Waals surface area (Å²) in [4.78, 5) is 46.5. The molecule has 0 radical (unpaired) electrons. The summed E-state index contributed by atoms with van der Waals surface area (Å²) in [6.07, 6.45) is 2.21. The van der Waals surface area contributed by atoms with Gasteiger partial charge < -0.3 is 26.8 Å². The van der Waals surface area contributed by atoms with E-state index >= 15 is 0 Å². The van der Waals surface area contributed by atoms with Crippen molar-refractivity contribution in [2.24, 2.45) is 5.73 Å². The van der Waals surface area contributed by atoms with Gasteiger partial charge in [-0.3, -0.25) is 14.4 Å². The Kier molecular flexibility index (Phi) is 12.6. The van der Waals surface area contributed by atoms with Gasteiger partial charge in [0, 0.05) is 11.5 Å². The predicted octanol–water partition coefficient (Wildman–Crippen LogP) is -1.90. The van der Waals surface area contributed by atoms with Crippen LogP contribution in [0.25, 0.3) is 0 Å². The summed E-state index contributed by atoms with van der Waals surface area (Å²) in [6.45, 7) is -0.416. The number of aliphatic carboxylic acids is 1. The van der Waals surface area contributed by atoms with Crippen molar-refractivity contribution in [3.05, 3.63) is 0 Å². The number of carboxylic acid groups (broad SMARTS) is 1. The second-order valence-corrected chi connectivity index (χ2v) is 6.71. The molecule has 144 valence electrons. The molecule has 0 aliphatic heterocycles. The monoisotopic (exact) mass is 412 g/mol. The normalized spacial score (nSPS) is 14.1. The number of amides is 3. The lowest BCUT2D eigenvalue weighted by molar-refractivity contribution is -0.141. The summed E-state index contributed by atoms with van der Waals surface area (Å²) in [6, 6.07) is -2.84. The van der Waals surface area contributed by atoms with E-state index in [0.29, 0.717) is 12.2 Å². The van der Waals surface area contributed by atoms with Crippen molar-refractivity contribution in [3.8, 4) is 0 Å². The van der Waals surface area contributed by atoms with Crippen molar-refractivity contribution in [1.29, 1.82) is 0 Å². The quantitative estimate of drug-likeness (QED) is 0.185. The van der Waals surface area contributed by atoms with Gasteiger partial charge in [0.1, 0.15) is 12.1 Å². The Labute approximate surface area is 161 Å². The molecule has 3 atom stereocenters. The maximum atomic E-state index is 12.2. The van der Waals surface area contributed by atoms with E-state index in [4.69, 9.17) is 10.8 Å². The second kappa shape index (κ2) is 13.1. The van der Waals surface area contributed by atoms with Crippen molar-refractivity contribution in [2.75, 3.05) is 30.1 Å². The number of carboxylic acids is 1. The van der Waals surface area contributed by atoms with Gasteiger partial charge in [-0.2, -0.15) is 37.0 Å². The van der Waals surface area contributed by atoms with E-state index in [-0.39, 0.29) is 11.5 Å². The molecular weight excluding hydrogens is 388 g/mol. The van der Waals surface area contributed by atoms with Gasteiger partial charge in [-0.1, -0.05) is 0 Å². The summed E-state index contributed by atoms with van der Waals surface area (Å²) in [7, 11) is 0. The minimum absolute atomic E-state index is 0.0803. The van der Waals surface area contributed by atoms with Gasteiger partial charge in [0.15, 0.2) is 0 Å². The molecule has 0 aromatic carbocycles. The average molecular weight is 413 g/mol. The molecule has 0 aliphatic carbocycles. The molecule has 12 heteroatoms. The molecule has 0 saturated heterocycles. The number of rotatable bonds is 12. The van der Waals surface area contributed by atoms with E-state index in [0.717, 1.165) is 0 Å². The van der Waals surface area contributed by atoms with E-state index in [1.54, 1.807) is 0 Å². The Morgan fingerprint density at radius 3 is 2.20 bits per heavy atom. The fourth-order valence-corrected chi connectivity index (χ4v) is 2.47. The van der Waals surface area contributed by atoms with Crippen LogP contribution in [0.2, 0.25) is 0 Å². The largest absolute Gasteiger partial charge is 0.480 e. The molecule has 0 rings (SSSR count).